The highest BCUT2D eigenvalue weighted by atomic mass is 19.4. The quantitative estimate of drug-likeness (QED) is 0.808. The minimum absolute atomic E-state index is 0.0219. The number of halogens is 3. The van der Waals surface area contributed by atoms with Gasteiger partial charge in [-0.25, -0.2) is 0 Å². The summed E-state index contributed by atoms with van der Waals surface area (Å²) in [5, 5.41) is 0. The zero-order valence-corrected chi connectivity index (χ0v) is 11.8. The molecule has 1 amide bonds. The molecule has 0 heterocycles. The van der Waals surface area contributed by atoms with Gasteiger partial charge in [-0.1, -0.05) is 12.1 Å². The Labute approximate surface area is 121 Å². The molecule has 116 valence electrons. The SMILES string of the molecule is CN(Cc1cccc(C(F)(F)F)c1)C(=O)COCC1CC1. The number of benzene rings is 1. The second kappa shape index (κ2) is 6.47. The first-order valence-electron chi connectivity index (χ1n) is 6.84. The van der Waals surface area contributed by atoms with E-state index < -0.39 is 11.7 Å². The second-order valence-electron chi connectivity index (χ2n) is 5.41. The van der Waals surface area contributed by atoms with Crippen molar-refractivity contribution in [1.29, 1.82) is 0 Å². The lowest BCUT2D eigenvalue weighted by molar-refractivity contribution is -0.137. The first kappa shape index (κ1) is 15.8. The Hall–Kier alpha value is -1.56. The molecule has 3 nitrogen and oxygen atoms in total. The van der Waals surface area contributed by atoms with Gasteiger partial charge in [0.2, 0.25) is 5.91 Å². The van der Waals surface area contributed by atoms with E-state index in [4.69, 9.17) is 4.74 Å². The van der Waals surface area contributed by atoms with Crippen LogP contribution in [-0.2, 0) is 22.3 Å². The fourth-order valence-corrected chi connectivity index (χ4v) is 1.92. The van der Waals surface area contributed by atoms with Crippen LogP contribution in [0.5, 0.6) is 0 Å². The summed E-state index contributed by atoms with van der Waals surface area (Å²) in [6.45, 7) is 0.699. The van der Waals surface area contributed by atoms with Gasteiger partial charge in [0.05, 0.1) is 12.2 Å². The van der Waals surface area contributed by atoms with Crippen molar-refractivity contribution in [3.05, 3.63) is 35.4 Å². The normalized spacial score (nSPS) is 15.0. The number of ether oxygens (including phenoxy) is 1. The fourth-order valence-electron chi connectivity index (χ4n) is 1.92. The van der Waals surface area contributed by atoms with Gasteiger partial charge in [0, 0.05) is 13.6 Å². The smallest absolute Gasteiger partial charge is 0.371 e. The van der Waals surface area contributed by atoms with Crippen LogP contribution in [0, 0.1) is 5.92 Å². The predicted octanol–water partition coefficient (Wildman–Crippen LogP) is 3.09. The number of likely N-dealkylation sites (N-methyl/N-ethyl adjacent to an activating group) is 1. The molecule has 0 N–H and O–H groups in total. The summed E-state index contributed by atoms with van der Waals surface area (Å²) in [6.07, 6.45) is -2.07. The molecule has 21 heavy (non-hydrogen) atoms. The summed E-state index contributed by atoms with van der Waals surface area (Å²) in [5.41, 5.74) is -0.256. The third-order valence-electron chi connectivity index (χ3n) is 3.38. The molecule has 0 aliphatic heterocycles. The average molecular weight is 301 g/mol. The molecule has 1 aromatic carbocycles. The molecule has 6 heteroatoms. The van der Waals surface area contributed by atoms with Crippen LogP contribution in [0.3, 0.4) is 0 Å². The third kappa shape index (κ3) is 5.04. The molecule has 0 unspecified atom stereocenters. The molecular weight excluding hydrogens is 283 g/mol. The van der Waals surface area contributed by atoms with E-state index in [1.54, 1.807) is 13.1 Å². The highest BCUT2D eigenvalue weighted by Crippen LogP contribution is 2.30. The number of hydrogen-bond acceptors (Lipinski definition) is 2. The Balaban J connectivity index is 1.85. The number of hydrogen-bond donors (Lipinski definition) is 0. The number of rotatable bonds is 6. The van der Waals surface area contributed by atoms with E-state index in [0.29, 0.717) is 18.1 Å². The van der Waals surface area contributed by atoms with Crippen LogP contribution in [-0.4, -0.2) is 31.1 Å². The average Bonchev–Trinajstić information content (AvgIpc) is 3.22. The maximum Gasteiger partial charge on any atom is 0.416 e. The molecule has 2 rings (SSSR count). The molecule has 1 fully saturated rings. The van der Waals surface area contributed by atoms with Crippen molar-refractivity contribution in [2.75, 3.05) is 20.3 Å². The molecule has 0 spiro atoms. The van der Waals surface area contributed by atoms with Crippen molar-refractivity contribution in [3.63, 3.8) is 0 Å². The first-order chi connectivity index (χ1) is 9.86. The van der Waals surface area contributed by atoms with E-state index in [9.17, 15) is 18.0 Å². The van der Waals surface area contributed by atoms with Crippen molar-refractivity contribution < 1.29 is 22.7 Å². The van der Waals surface area contributed by atoms with Gasteiger partial charge in [-0.2, -0.15) is 13.2 Å². The van der Waals surface area contributed by atoms with E-state index in [1.165, 1.54) is 11.0 Å². The number of amides is 1. The van der Waals surface area contributed by atoms with E-state index in [1.807, 2.05) is 0 Å². The van der Waals surface area contributed by atoms with Crippen LogP contribution in [0.4, 0.5) is 13.2 Å². The Morgan fingerprint density at radius 1 is 1.38 bits per heavy atom. The molecule has 1 aliphatic carbocycles. The third-order valence-corrected chi connectivity index (χ3v) is 3.38. The van der Waals surface area contributed by atoms with E-state index in [2.05, 4.69) is 0 Å². The van der Waals surface area contributed by atoms with Gasteiger partial charge < -0.3 is 9.64 Å². The van der Waals surface area contributed by atoms with Crippen molar-refractivity contribution in [1.82, 2.24) is 4.90 Å². The van der Waals surface area contributed by atoms with Crippen molar-refractivity contribution in [2.24, 2.45) is 5.92 Å². The zero-order chi connectivity index (χ0) is 15.5. The van der Waals surface area contributed by atoms with Gasteiger partial charge >= 0.3 is 6.18 Å². The first-order valence-corrected chi connectivity index (χ1v) is 6.84. The van der Waals surface area contributed by atoms with Crippen molar-refractivity contribution in [3.8, 4) is 0 Å². The monoisotopic (exact) mass is 301 g/mol. The van der Waals surface area contributed by atoms with Gasteiger partial charge in [-0.3, -0.25) is 4.79 Å². The molecule has 0 radical (unpaired) electrons. The topological polar surface area (TPSA) is 29.5 Å². The van der Waals surface area contributed by atoms with Crippen LogP contribution in [0.25, 0.3) is 0 Å². The summed E-state index contributed by atoms with van der Waals surface area (Å²) in [6, 6.07) is 5.00. The van der Waals surface area contributed by atoms with Crippen molar-refractivity contribution >= 4 is 5.91 Å². The second-order valence-corrected chi connectivity index (χ2v) is 5.41. The van der Waals surface area contributed by atoms with Crippen LogP contribution >= 0.6 is 0 Å². The van der Waals surface area contributed by atoms with Gasteiger partial charge in [0.15, 0.2) is 0 Å². The largest absolute Gasteiger partial charge is 0.416 e. The lowest BCUT2D eigenvalue weighted by Crippen LogP contribution is -2.30. The van der Waals surface area contributed by atoms with Crippen LogP contribution < -0.4 is 0 Å². The van der Waals surface area contributed by atoms with Gasteiger partial charge in [-0.05, 0) is 36.5 Å². The highest BCUT2D eigenvalue weighted by molar-refractivity contribution is 5.77. The Morgan fingerprint density at radius 3 is 2.71 bits per heavy atom. The number of carbonyl (C=O) groups excluding carboxylic acids is 1. The molecule has 1 saturated carbocycles. The number of alkyl halides is 3. The van der Waals surface area contributed by atoms with Gasteiger partial charge in [0.25, 0.3) is 0 Å². The molecule has 0 saturated heterocycles. The summed E-state index contributed by atoms with van der Waals surface area (Å²) in [5.74, 6) is 0.347. The zero-order valence-electron chi connectivity index (χ0n) is 11.8. The molecule has 0 aromatic heterocycles. The molecule has 1 aliphatic rings. The summed E-state index contributed by atoms with van der Waals surface area (Å²) >= 11 is 0. The molecule has 0 atom stereocenters. The van der Waals surface area contributed by atoms with Crippen LogP contribution in [0.2, 0.25) is 0 Å². The Kier molecular flexibility index (Phi) is 4.88. The van der Waals surface area contributed by atoms with Crippen LogP contribution in [0.15, 0.2) is 24.3 Å². The summed E-state index contributed by atoms with van der Waals surface area (Å²) in [7, 11) is 1.56. The lowest BCUT2D eigenvalue weighted by Gasteiger charge is -2.18. The van der Waals surface area contributed by atoms with Gasteiger partial charge in [0.1, 0.15) is 6.61 Å². The van der Waals surface area contributed by atoms with Crippen molar-refractivity contribution in [2.45, 2.75) is 25.6 Å². The number of carbonyl (C=O) groups is 1. The maximum absolute atomic E-state index is 12.6. The predicted molar refractivity (Wildman–Crippen MR) is 71.5 cm³/mol. The summed E-state index contributed by atoms with van der Waals surface area (Å²) in [4.78, 5) is 13.2. The standard InChI is InChI=1S/C15H18F3NO2/c1-19(14(20)10-21-9-11-5-6-11)8-12-3-2-4-13(7-12)15(16,17)18/h2-4,7,11H,5-6,8-10H2,1H3. The maximum atomic E-state index is 12.6. The highest BCUT2D eigenvalue weighted by Gasteiger charge is 2.30. The van der Waals surface area contributed by atoms with E-state index in [-0.39, 0.29) is 19.1 Å². The lowest BCUT2D eigenvalue weighted by atomic mass is 10.1. The van der Waals surface area contributed by atoms with Gasteiger partial charge in [-0.15, -0.1) is 0 Å². The Bertz CT molecular complexity index is 498. The number of nitrogens with zero attached hydrogens (tertiary/aromatic N) is 1. The molecule has 0 bridgehead atoms. The van der Waals surface area contributed by atoms with E-state index in [0.717, 1.165) is 25.0 Å². The summed E-state index contributed by atoms with van der Waals surface area (Å²) < 4.78 is 43.1. The minimum Gasteiger partial charge on any atom is -0.371 e. The van der Waals surface area contributed by atoms with Crippen LogP contribution in [0.1, 0.15) is 24.0 Å². The molecular formula is C15H18F3NO2. The molecule has 1 aromatic rings. The minimum atomic E-state index is -4.37. The Morgan fingerprint density at radius 2 is 2.10 bits per heavy atom. The fraction of sp³-hybridized carbons (Fsp3) is 0.533. The van der Waals surface area contributed by atoms with E-state index >= 15 is 0 Å².